The molecule has 0 spiro atoms. The highest BCUT2D eigenvalue weighted by molar-refractivity contribution is 9.10. The van der Waals surface area contributed by atoms with Crippen molar-refractivity contribution in [3.05, 3.63) is 40.0 Å². The molecule has 0 saturated carbocycles. The number of hydrogen-bond donors (Lipinski definition) is 1. The summed E-state index contributed by atoms with van der Waals surface area (Å²) in [4.78, 5) is 4.24. The monoisotopic (exact) mass is 340 g/mol. The van der Waals surface area contributed by atoms with Gasteiger partial charge in [0.1, 0.15) is 5.75 Å². The summed E-state index contributed by atoms with van der Waals surface area (Å²) in [7, 11) is 0. The molecule has 0 fully saturated rings. The Balaban J connectivity index is 2.07. The highest BCUT2D eigenvalue weighted by Crippen LogP contribution is 2.29. The molecule has 0 aliphatic rings. The van der Waals surface area contributed by atoms with Crippen LogP contribution in [0.5, 0.6) is 5.75 Å². The van der Waals surface area contributed by atoms with Crippen LogP contribution >= 0.6 is 15.9 Å². The summed E-state index contributed by atoms with van der Waals surface area (Å²) in [6.07, 6.45) is 1.13. The lowest BCUT2D eigenvalue weighted by Crippen LogP contribution is -2.02. The van der Waals surface area contributed by atoms with E-state index in [1.54, 1.807) is 6.92 Å². The molecule has 1 N–H and O–H groups in total. The normalized spacial score (nSPS) is 12.4. The molecule has 0 bridgehead atoms. The van der Waals surface area contributed by atoms with E-state index in [4.69, 9.17) is 9.26 Å². The molecule has 0 aliphatic carbocycles. The lowest BCUT2D eigenvalue weighted by Gasteiger charge is -2.12. The smallest absolute Gasteiger partial charge is 0.226 e. The van der Waals surface area contributed by atoms with Crippen molar-refractivity contribution in [1.29, 1.82) is 0 Å². The summed E-state index contributed by atoms with van der Waals surface area (Å²) in [5.74, 6) is 1.73. The molecule has 2 aromatic rings. The predicted molar refractivity (Wildman–Crippen MR) is 77.4 cm³/mol. The van der Waals surface area contributed by atoms with Gasteiger partial charge in [-0.3, -0.25) is 0 Å². The number of benzene rings is 1. The first-order valence-electron chi connectivity index (χ1n) is 6.52. The van der Waals surface area contributed by atoms with Crippen LogP contribution in [0.3, 0.4) is 0 Å². The number of aliphatic hydroxyl groups is 1. The van der Waals surface area contributed by atoms with E-state index in [1.807, 2.05) is 18.2 Å². The van der Waals surface area contributed by atoms with E-state index in [1.165, 1.54) is 0 Å². The first kappa shape index (κ1) is 15.0. The number of halogens is 1. The highest BCUT2D eigenvalue weighted by Gasteiger charge is 2.12. The van der Waals surface area contributed by atoms with Gasteiger partial charge in [-0.15, -0.1) is 0 Å². The average molecular weight is 341 g/mol. The molecule has 1 aromatic heterocycles. The molecule has 1 aromatic carbocycles. The van der Waals surface area contributed by atoms with Gasteiger partial charge in [0.25, 0.3) is 0 Å². The van der Waals surface area contributed by atoms with Crippen LogP contribution in [-0.4, -0.2) is 15.2 Å². The van der Waals surface area contributed by atoms with Crippen LogP contribution in [-0.2, 0) is 13.0 Å². The number of rotatable bonds is 6. The number of aliphatic hydroxyl groups excluding tert-OH is 1. The minimum atomic E-state index is -0.598. The number of aromatic nitrogens is 2. The first-order valence-corrected chi connectivity index (χ1v) is 7.31. The molecule has 0 radical (unpaired) electrons. The molecule has 0 amide bonds. The highest BCUT2D eigenvalue weighted by atomic mass is 79.9. The Morgan fingerprint density at radius 1 is 1.45 bits per heavy atom. The minimum absolute atomic E-state index is 0.212. The summed E-state index contributed by atoms with van der Waals surface area (Å²) >= 11 is 3.38. The maximum Gasteiger partial charge on any atom is 0.226 e. The van der Waals surface area contributed by atoms with E-state index >= 15 is 0 Å². The van der Waals surface area contributed by atoms with Crippen molar-refractivity contribution < 1.29 is 14.4 Å². The van der Waals surface area contributed by atoms with Crippen molar-refractivity contribution >= 4 is 15.9 Å². The van der Waals surface area contributed by atoms with E-state index in [-0.39, 0.29) is 6.61 Å². The van der Waals surface area contributed by atoms with Crippen molar-refractivity contribution in [3.8, 4) is 5.75 Å². The van der Waals surface area contributed by atoms with Gasteiger partial charge in [0.05, 0.1) is 6.10 Å². The molecule has 2 rings (SSSR count). The van der Waals surface area contributed by atoms with E-state index in [0.29, 0.717) is 17.5 Å². The SMILES string of the molecule is CCCc1nc(COc2cc(Br)ccc2C(C)O)no1. The van der Waals surface area contributed by atoms with Gasteiger partial charge in [-0.2, -0.15) is 4.98 Å². The van der Waals surface area contributed by atoms with E-state index in [0.717, 1.165) is 22.9 Å². The molecule has 1 heterocycles. The predicted octanol–water partition coefficient (Wildman–Crippen LogP) is 3.42. The van der Waals surface area contributed by atoms with Gasteiger partial charge in [0.15, 0.2) is 6.61 Å². The minimum Gasteiger partial charge on any atom is -0.485 e. The van der Waals surface area contributed by atoms with Crippen LogP contribution in [0.2, 0.25) is 0 Å². The number of aryl methyl sites for hydroxylation is 1. The molecule has 5 nitrogen and oxygen atoms in total. The van der Waals surface area contributed by atoms with Crippen molar-refractivity contribution in [2.24, 2.45) is 0 Å². The second-order valence-electron chi connectivity index (χ2n) is 4.50. The third-order valence-electron chi connectivity index (χ3n) is 2.76. The second kappa shape index (κ2) is 6.85. The van der Waals surface area contributed by atoms with Crippen LogP contribution < -0.4 is 4.74 Å². The third-order valence-corrected chi connectivity index (χ3v) is 3.25. The molecule has 1 atom stereocenters. The van der Waals surface area contributed by atoms with Gasteiger partial charge in [-0.05, 0) is 25.5 Å². The molecule has 0 saturated heterocycles. The zero-order valence-electron chi connectivity index (χ0n) is 11.5. The Kier molecular flexibility index (Phi) is 5.14. The lowest BCUT2D eigenvalue weighted by molar-refractivity contribution is 0.189. The summed E-state index contributed by atoms with van der Waals surface area (Å²) in [5, 5.41) is 13.6. The van der Waals surface area contributed by atoms with Crippen molar-refractivity contribution in [3.63, 3.8) is 0 Å². The Labute approximate surface area is 126 Å². The first-order chi connectivity index (χ1) is 9.60. The topological polar surface area (TPSA) is 68.4 Å². The fourth-order valence-electron chi connectivity index (χ4n) is 1.78. The van der Waals surface area contributed by atoms with Crippen molar-refractivity contribution in [2.45, 2.75) is 39.4 Å². The summed E-state index contributed by atoms with van der Waals surface area (Å²) in [6.45, 7) is 3.96. The third kappa shape index (κ3) is 3.80. The number of nitrogens with zero attached hydrogens (tertiary/aromatic N) is 2. The van der Waals surface area contributed by atoms with Crippen LogP contribution in [0.4, 0.5) is 0 Å². The van der Waals surface area contributed by atoms with Gasteiger partial charge in [-0.1, -0.05) is 34.1 Å². The van der Waals surface area contributed by atoms with Gasteiger partial charge in [0, 0.05) is 16.5 Å². The Bertz CT molecular complexity index is 569. The fraction of sp³-hybridized carbons (Fsp3) is 0.429. The zero-order chi connectivity index (χ0) is 14.5. The largest absolute Gasteiger partial charge is 0.485 e. The van der Waals surface area contributed by atoms with E-state index in [9.17, 15) is 5.11 Å². The van der Waals surface area contributed by atoms with E-state index < -0.39 is 6.10 Å². The Morgan fingerprint density at radius 3 is 2.95 bits per heavy atom. The number of ether oxygens (including phenoxy) is 1. The summed E-state index contributed by atoms with van der Waals surface area (Å²) < 4.78 is 11.7. The summed E-state index contributed by atoms with van der Waals surface area (Å²) in [5.41, 5.74) is 0.727. The van der Waals surface area contributed by atoms with Crippen LogP contribution in [0.15, 0.2) is 27.2 Å². The Morgan fingerprint density at radius 2 is 2.25 bits per heavy atom. The molecule has 1 unspecified atom stereocenters. The molecule has 6 heteroatoms. The van der Waals surface area contributed by atoms with Gasteiger partial charge < -0.3 is 14.4 Å². The van der Waals surface area contributed by atoms with Crippen LogP contribution in [0, 0.1) is 0 Å². The van der Waals surface area contributed by atoms with Crippen LogP contribution in [0.25, 0.3) is 0 Å². The molecule has 20 heavy (non-hydrogen) atoms. The maximum absolute atomic E-state index is 9.72. The quantitative estimate of drug-likeness (QED) is 0.872. The van der Waals surface area contributed by atoms with Crippen molar-refractivity contribution in [2.75, 3.05) is 0 Å². The molecule has 108 valence electrons. The Hall–Kier alpha value is -1.40. The fourth-order valence-corrected chi connectivity index (χ4v) is 2.12. The van der Waals surface area contributed by atoms with E-state index in [2.05, 4.69) is 33.0 Å². The standard InChI is InChI=1S/C14H17BrN2O3/c1-3-4-14-16-13(17-20-14)8-19-12-7-10(15)5-6-11(12)9(2)18/h5-7,9,18H,3-4,8H2,1-2H3. The second-order valence-corrected chi connectivity index (χ2v) is 5.42. The maximum atomic E-state index is 9.72. The van der Waals surface area contributed by atoms with Gasteiger partial charge in [-0.25, -0.2) is 0 Å². The average Bonchev–Trinajstić information content (AvgIpc) is 2.84. The van der Waals surface area contributed by atoms with Gasteiger partial charge >= 0.3 is 0 Å². The molecular formula is C14H17BrN2O3. The molecule has 0 aliphatic heterocycles. The van der Waals surface area contributed by atoms with Crippen molar-refractivity contribution in [1.82, 2.24) is 10.1 Å². The summed E-state index contributed by atoms with van der Waals surface area (Å²) in [6, 6.07) is 5.50. The van der Waals surface area contributed by atoms with Gasteiger partial charge in [0.2, 0.25) is 11.7 Å². The molecular weight excluding hydrogens is 324 g/mol. The van der Waals surface area contributed by atoms with Crippen LogP contribution in [0.1, 0.15) is 43.7 Å². The number of hydrogen-bond acceptors (Lipinski definition) is 5. The zero-order valence-corrected chi connectivity index (χ0v) is 13.1. The lowest BCUT2D eigenvalue weighted by atomic mass is 10.1.